The molecule has 1 rings (SSSR count). The van der Waals surface area contributed by atoms with E-state index in [2.05, 4.69) is 38.8 Å². The quantitative estimate of drug-likeness (QED) is 0.849. The molecule has 0 aliphatic carbocycles. The molecule has 0 saturated carbocycles. The fraction of sp³-hybridized carbons (Fsp3) is 0.615. The first kappa shape index (κ1) is 15.1. The SMILES string of the molecule is CC(C)(C)[Si](C)(C)OC(CF)c1ccc(N)cn1. The summed E-state index contributed by atoms with van der Waals surface area (Å²) in [7, 11) is -2.00. The zero-order valence-electron chi connectivity index (χ0n) is 11.8. The number of rotatable bonds is 4. The first-order chi connectivity index (χ1) is 8.17. The Balaban J connectivity index is 2.89. The molecule has 1 atom stereocenters. The summed E-state index contributed by atoms with van der Waals surface area (Å²) < 4.78 is 19.2. The molecule has 0 radical (unpaired) electrons. The van der Waals surface area contributed by atoms with Crippen LogP contribution in [0.25, 0.3) is 0 Å². The first-order valence-electron chi connectivity index (χ1n) is 6.12. The van der Waals surface area contributed by atoms with E-state index in [4.69, 9.17) is 10.2 Å². The molecule has 0 amide bonds. The molecule has 0 bridgehead atoms. The van der Waals surface area contributed by atoms with Crippen LogP contribution in [0.2, 0.25) is 18.1 Å². The molecule has 1 aromatic rings. The van der Waals surface area contributed by atoms with Crippen LogP contribution in [0.3, 0.4) is 0 Å². The van der Waals surface area contributed by atoms with E-state index in [0.29, 0.717) is 11.4 Å². The lowest BCUT2D eigenvalue weighted by Crippen LogP contribution is -2.42. The van der Waals surface area contributed by atoms with Crippen molar-refractivity contribution < 1.29 is 8.82 Å². The minimum Gasteiger partial charge on any atom is -0.406 e. The van der Waals surface area contributed by atoms with E-state index in [1.165, 1.54) is 6.20 Å². The normalized spacial score (nSPS) is 14.6. The minimum absolute atomic E-state index is 0.0498. The van der Waals surface area contributed by atoms with Gasteiger partial charge < -0.3 is 10.2 Å². The van der Waals surface area contributed by atoms with E-state index in [-0.39, 0.29) is 5.04 Å². The van der Waals surface area contributed by atoms with Crippen LogP contribution in [0.4, 0.5) is 10.1 Å². The van der Waals surface area contributed by atoms with Gasteiger partial charge in [-0.05, 0) is 30.3 Å². The van der Waals surface area contributed by atoms with Gasteiger partial charge in [0.2, 0.25) is 0 Å². The molecule has 1 heterocycles. The van der Waals surface area contributed by atoms with Crippen molar-refractivity contribution in [1.29, 1.82) is 0 Å². The number of halogens is 1. The summed E-state index contributed by atoms with van der Waals surface area (Å²) in [5.41, 5.74) is 6.76. The third-order valence-electron chi connectivity index (χ3n) is 3.52. The van der Waals surface area contributed by atoms with Crippen LogP contribution in [0.15, 0.2) is 18.3 Å². The van der Waals surface area contributed by atoms with Crippen molar-refractivity contribution >= 4 is 14.0 Å². The van der Waals surface area contributed by atoms with Gasteiger partial charge in [-0.2, -0.15) is 0 Å². The van der Waals surface area contributed by atoms with E-state index in [1.807, 2.05) is 0 Å². The Morgan fingerprint density at radius 3 is 2.39 bits per heavy atom. The predicted octanol–water partition coefficient (Wildman–Crippen LogP) is 3.70. The molecule has 0 spiro atoms. The van der Waals surface area contributed by atoms with Gasteiger partial charge in [-0.25, -0.2) is 4.39 Å². The Morgan fingerprint density at radius 1 is 1.39 bits per heavy atom. The maximum atomic E-state index is 13.2. The second-order valence-corrected chi connectivity index (χ2v) is 10.8. The Bertz CT molecular complexity index is 387. The molecule has 5 heteroatoms. The number of hydrogen-bond donors (Lipinski definition) is 1. The monoisotopic (exact) mass is 270 g/mol. The van der Waals surface area contributed by atoms with Crippen LogP contribution in [0, 0.1) is 0 Å². The molecule has 0 aromatic carbocycles. The van der Waals surface area contributed by atoms with Crippen molar-refractivity contribution in [3.63, 3.8) is 0 Å². The number of hydrogen-bond acceptors (Lipinski definition) is 3. The first-order valence-corrected chi connectivity index (χ1v) is 9.03. The van der Waals surface area contributed by atoms with Gasteiger partial charge in [-0.15, -0.1) is 0 Å². The smallest absolute Gasteiger partial charge is 0.193 e. The molecule has 1 aromatic heterocycles. The van der Waals surface area contributed by atoms with E-state index in [1.54, 1.807) is 12.1 Å². The second kappa shape index (κ2) is 5.36. The molecule has 0 saturated heterocycles. The minimum atomic E-state index is -2.00. The van der Waals surface area contributed by atoms with Gasteiger partial charge in [0.05, 0.1) is 17.6 Å². The molecule has 3 nitrogen and oxygen atoms in total. The highest BCUT2D eigenvalue weighted by Crippen LogP contribution is 2.39. The Labute approximate surface area is 110 Å². The van der Waals surface area contributed by atoms with E-state index >= 15 is 0 Å². The number of nitrogens with zero attached hydrogens (tertiary/aromatic N) is 1. The van der Waals surface area contributed by atoms with Crippen molar-refractivity contribution in [1.82, 2.24) is 4.98 Å². The number of alkyl halides is 1. The average molecular weight is 270 g/mol. The maximum Gasteiger partial charge on any atom is 0.193 e. The third-order valence-corrected chi connectivity index (χ3v) is 8.01. The lowest BCUT2D eigenvalue weighted by Gasteiger charge is -2.38. The van der Waals surface area contributed by atoms with Gasteiger partial charge in [-0.3, -0.25) is 4.98 Å². The lowest BCUT2D eigenvalue weighted by molar-refractivity contribution is 0.145. The molecule has 1 unspecified atom stereocenters. The highest BCUT2D eigenvalue weighted by atomic mass is 28.4. The largest absolute Gasteiger partial charge is 0.406 e. The van der Waals surface area contributed by atoms with E-state index in [9.17, 15) is 4.39 Å². The van der Waals surface area contributed by atoms with Crippen LogP contribution in [-0.2, 0) is 4.43 Å². The molecule has 2 N–H and O–H groups in total. The summed E-state index contributed by atoms with van der Waals surface area (Å²) in [5.74, 6) is 0. The zero-order chi connectivity index (χ0) is 14.0. The lowest BCUT2D eigenvalue weighted by atomic mass is 10.2. The fourth-order valence-electron chi connectivity index (χ4n) is 1.31. The summed E-state index contributed by atoms with van der Waals surface area (Å²) in [6.45, 7) is 10.0. The highest BCUT2D eigenvalue weighted by molar-refractivity contribution is 6.74. The second-order valence-electron chi connectivity index (χ2n) is 6.04. The zero-order valence-corrected chi connectivity index (χ0v) is 12.8. The summed E-state index contributed by atoms with van der Waals surface area (Å²) in [6.07, 6.45) is 0.944. The molecule has 18 heavy (non-hydrogen) atoms. The van der Waals surface area contributed by atoms with Gasteiger partial charge in [0.25, 0.3) is 0 Å². The van der Waals surface area contributed by atoms with Gasteiger partial charge in [0, 0.05) is 0 Å². The topological polar surface area (TPSA) is 48.1 Å². The fourth-order valence-corrected chi connectivity index (χ4v) is 2.56. The van der Waals surface area contributed by atoms with Gasteiger partial charge in [-0.1, -0.05) is 20.8 Å². The Hall–Kier alpha value is -0.943. The summed E-state index contributed by atoms with van der Waals surface area (Å²) in [4.78, 5) is 4.15. The maximum absolute atomic E-state index is 13.2. The summed E-state index contributed by atoms with van der Waals surface area (Å²) >= 11 is 0. The van der Waals surface area contributed by atoms with Gasteiger partial charge in [0.15, 0.2) is 8.32 Å². The van der Waals surface area contributed by atoms with Gasteiger partial charge in [0.1, 0.15) is 12.8 Å². The standard InChI is InChI=1S/C13H23FN2OSi/c1-13(2,3)18(4,5)17-12(8-14)11-7-6-10(15)9-16-11/h6-7,9,12H,8,15H2,1-5H3. The number of pyridine rings is 1. The van der Waals surface area contributed by atoms with Crippen molar-refractivity contribution in [3.8, 4) is 0 Å². The van der Waals surface area contributed by atoms with Crippen molar-refractivity contribution in [2.24, 2.45) is 0 Å². The molecule has 0 aliphatic heterocycles. The van der Waals surface area contributed by atoms with E-state index in [0.717, 1.165) is 0 Å². The predicted molar refractivity (Wildman–Crippen MR) is 75.6 cm³/mol. The Morgan fingerprint density at radius 2 is 2.00 bits per heavy atom. The molecular weight excluding hydrogens is 247 g/mol. The number of nitrogens with two attached hydrogens (primary N) is 1. The van der Waals surface area contributed by atoms with Crippen molar-refractivity contribution in [2.45, 2.75) is 45.0 Å². The summed E-state index contributed by atoms with van der Waals surface area (Å²) in [6, 6.07) is 3.45. The molecule has 0 fully saturated rings. The number of aromatic nitrogens is 1. The molecule has 102 valence electrons. The van der Waals surface area contributed by atoms with Crippen LogP contribution in [0.1, 0.15) is 32.6 Å². The van der Waals surface area contributed by atoms with Crippen molar-refractivity contribution in [3.05, 3.63) is 24.0 Å². The van der Waals surface area contributed by atoms with Gasteiger partial charge >= 0.3 is 0 Å². The molecular formula is C13H23FN2OSi. The van der Waals surface area contributed by atoms with E-state index < -0.39 is 21.1 Å². The highest BCUT2D eigenvalue weighted by Gasteiger charge is 2.39. The number of nitrogen functional groups attached to an aromatic ring is 1. The Kier molecular flexibility index (Phi) is 4.50. The molecule has 0 aliphatic rings. The number of anilines is 1. The van der Waals surface area contributed by atoms with Crippen LogP contribution < -0.4 is 5.73 Å². The summed E-state index contributed by atoms with van der Waals surface area (Å²) in [5, 5.41) is 0.0498. The van der Waals surface area contributed by atoms with Crippen LogP contribution in [0.5, 0.6) is 0 Å². The van der Waals surface area contributed by atoms with Crippen LogP contribution in [-0.4, -0.2) is 20.0 Å². The average Bonchev–Trinajstić information content (AvgIpc) is 2.25. The van der Waals surface area contributed by atoms with Crippen LogP contribution >= 0.6 is 0 Å². The third kappa shape index (κ3) is 3.52. The van der Waals surface area contributed by atoms with Crippen molar-refractivity contribution in [2.75, 3.05) is 12.4 Å².